The number of amides is 3. The Labute approximate surface area is 205 Å². The molecule has 0 heterocycles. The second-order valence-electron chi connectivity index (χ2n) is 11.2. The predicted octanol–water partition coefficient (Wildman–Crippen LogP) is 4.62. The Morgan fingerprint density at radius 2 is 1.68 bits per heavy atom. The van der Waals surface area contributed by atoms with Crippen LogP contribution in [0.4, 0.5) is 4.79 Å². The molecule has 2 atom stereocenters. The number of ether oxygens (including phenoxy) is 1. The maximum absolute atomic E-state index is 13.7. The van der Waals surface area contributed by atoms with Crippen molar-refractivity contribution in [1.29, 1.82) is 0 Å². The van der Waals surface area contributed by atoms with Gasteiger partial charge in [-0.15, -0.1) is 0 Å². The molecule has 0 radical (unpaired) electrons. The highest BCUT2D eigenvalue weighted by molar-refractivity contribution is 5.93. The quantitative estimate of drug-likeness (QED) is 0.449. The lowest BCUT2D eigenvalue weighted by Crippen LogP contribution is -2.53. The van der Waals surface area contributed by atoms with Crippen molar-refractivity contribution in [3.8, 4) is 12.5 Å². The molecule has 2 unspecified atom stereocenters. The van der Waals surface area contributed by atoms with Crippen molar-refractivity contribution in [2.24, 2.45) is 5.92 Å². The number of hydrogen-bond acceptors (Lipinski definition) is 4. The van der Waals surface area contributed by atoms with Gasteiger partial charge in [-0.3, -0.25) is 14.5 Å². The van der Waals surface area contributed by atoms with Gasteiger partial charge in [-0.05, 0) is 78.9 Å². The molecule has 0 aromatic heterocycles. The lowest BCUT2D eigenvalue weighted by atomic mass is 9.94. The summed E-state index contributed by atoms with van der Waals surface area (Å²) in [5, 5.41) is 5.60. The number of terminal acetylenes is 1. The van der Waals surface area contributed by atoms with Gasteiger partial charge in [-0.1, -0.05) is 44.0 Å². The summed E-state index contributed by atoms with van der Waals surface area (Å²) < 4.78 is 5.35. The minimum atomic E-state index is -1.06. The zero-order valence-corrected chi connectivity index (χ0v) is 22.3. The average Bonchev–Trinajstić information content (AvgIpc) is 2.63. The Hall–Kier alpha value is -3.01. The predicted molar refractivity (Wildman–Crippen MR) is 135 cm³/mol. The van der Waals surface area contributed by atoms with Gasteiger partial charge in [0.2, 0.25) is 5.91 Å². The van der Waals surface area contributed by atoms with Crippen LogP contribution in [0.15, 0.2) is 18.2 Å². The van der Waals surface area contributed by atoms with Crippen LogP contribution >= 0.6 is 0 Å². The van der Waals surface area contributed by atoms with Crippen molar-refractivity contribution in [3.63, 3.8) is 0 Å². The Bertz CT molecular complexity index is 933. The van der Waals surface area contributed by atoms with Crippen LogP contribution in [0.2, 0.25) is 0 Å². The number of hydrogen-bond donors (Lipinski definition) is 2. The van der Waals surface area contributed by atoms with Crippen LogP contribution in [-0.2, 0) is 14.3 Å². The lowest BCUT2D eigenvalue weighted by molar-refractivity contribution is -0.139. The monoisotopic (exact) mass is 471 g/mol. The van der Waals surface area contributed by atoms with Crippen LogP contribution in [-0.4, -0.2) is 40.0 Å². The molecule has 0 aliphatic heterocycles. The Kier molecular flexibility index (Phi) is 9.74. The van der Waals surface area contributed by atoms with E-state index in [-0.39, 0.29) is 5.92 Å². The van der Waals surface area contributed by atoms with E-state index < -0.39 is 41.1 Å². The molecule has 0 bridgehead atoms. The summed E-state index contributed by atoms with van der Waals surface area (Å²) in [6, 6.07) is 6.09. The summed E-state index contributed by atoms with van der Waals surface area (Å²) in [4.78, 5) is 40.8. The number of rotatable bonds is 7. The minimum Gasteiger partial charge on any atom is -0.444 e. The molecular weight excluding hydrogens is 430 g/mol. The molecule has 1 aromatic rings. The van der Waals surface area contributed by atoms with Crippen LogP contribution in [0.25, 0.3) is 0 Å². The van der Waals surface area contributed by atoms with Crippen molar-refractivity contribution in [2.75, 3.05) is 0 Å². The molecule has 0 fully saturated rings. The van der Waals surface area contributed by atoms with E-state index in [1.807, 2.05) is 66.7 Å². The van der Waals surface area contributed by atoms with E-state index >= 15 is 0 Å². The zero-order valence-electron chi connectivity index (χ0n) is 22.3. The van der Waals surface area contributed by atoms with Crippen molar-refractivity contribution in [3.05, 3.63) is 34.9 Å². The minimum absolute atomic E-state index is 0.0751. The van der Waals surface area contributed by atoms with Crippen LogP contribution in [0, 0.1) is 32.2 Å². The second-order valence-corrected chi connectivity index (χ2v) is 11.2. The van der Waals surface area contributed by atoms with Gasteiger partial charge in [0.25, 0.3) is 5.91 Å². The first-order valence-electron chi connectivity index (χ1n) is 11.6. The molecule has 3 amide bonds. The fourth-order valence-electron chi connectivity index (χ4n) is 3.47. The third-order valence-corrected chi connectivity index (χ3v) is 4.81. The van der Waals surface area contributed by atoms with E-state index in [1.165, 1.54) is 0 Å². The first-order chi connectivity index (χ1) is 15.4. The number of carbonyl (C=O) groups is 3. The van der Waals surface area contributed by atoms with E-state index in [1.54, 1.807) is 20.8 Å². The summed E-state index contributed by atoms with van der Waals surface area (Å²) in [5.74, 6) is -0.865. The highest BCUT2D eigenvalue weighted by Crippen LogP contribution is 2.27. The fourth-order valence-corrected chi connectivity index (χ4v) is 3.47. The maximum Gasteiger partial charge on any atom is 0.408 e. The Morgan fingerprint density at radius 3 is 2.15 bits per heavy atom. The maximum atomic E-state index is 13.7. The highest BCUT2D eigenvalue weighted by atomic mass is 16.6. The third kappa shape index (κ3) is 9.09. The summed E-state index contributed by atoms with van der Waals surface area (Å²) >= 11 is 0. The van der Waals surface area contributed by atoms with Gasteiger partial charge in [0, 0.05) is 11.6 Å². The molecule has 1 rings (SSSR count). The molecule has 0 aliphatic rings. The molecule has 0 saturated heterocycles. The van der Waals surface area contributed by atoms with Gasteiger partial charge in [0.15, 0.2) is 0 Å². The SMILES string of the molecule is C#CN(C(=O)C(CC(C)C)NC(=O)OC(C)(C)C)C(C(=O)NC(C)(C)C)c1cc(C)ccc1C. The topological polar surface area (TPSA) is 87.7 Å². The summed E-state index contributed by atoms with van der Waals surface area (Å²) in [5.41, 5.74) is 1.13. The van der Waals surface area contributed by atoms with Crippen LogP contribution in [0.5, 0.6) is 0 Å². The van der Waals surface area contributed by atoms with Gasteiger partial charge in [0.05, 0.1) is 0 Å². The fraction of sp³-hybridized carbons (Fsp3) is 0.593. The molecule has 1 aromatic carbocycles. The van der Waals surface area contributed by atoms with Crippen molar-refractivity contribution >= 4 is 17.9 Å². The van der Waals surface area contributed by atoms with Crippen LogP contribution < -0.4 is 10.6 Å². The Balaban J connectivity index is 3.49. The van der Waals surface area contributed by atoms with Crippen molar-refractivity contribution < 1.29 is 19.1 Å². The van der Waals surface area contributed by atoms with E-state index in [9.17, 15) is 14.4 Å². The molecule has 2 N–H and O–H groups in total. The van der Waals surface area contributed by atoms with Crippen LogP contribution in [0.1, 0.15) is 84.5 Å². The molecule has 0 saturated carbocycles. The standard InChI is InChI=1S/C27H41N3O4/c1-12-30(24(32)21(15-17(2)3)28-25(33)34-27(9,10)11)22(23(31)29-26(6,7)8)20-16-18(4)13-14-19(20)5/h1,13-14,16-17,21-22H,15H2,2-11H3,(H,28,33)(H,29,31). The summed E-state index contributed by atoms with van der Waals surface area (Å²) in [6.07, 6.45) is 5.45. The van der Waals surface area contributed by atoms with Crippen molar-refractivity contribution in [2.45, 2.75) is 98.9 Å². The number of benzene rings is 1. The molecular formula is C27H41N3O4. The molecule has 0 aliphatic carbocycles. The molecule has 188 valence electrons. The van der Waals surface area contributed by atoms with Gasteiger partial charge in [0.1, 0.15) is 17.7 Å². The van der Waals surface area contributed by atoms with E-state index in [0.29, 0.717) is 12.0 Å². The van der Waals surface area contributed by atoms with Gasteiger partial charge < -0.3 is 15.4 Å². The number of carbonyl (C=O) groups excluding carboxylic acids is 3. The van der Waals surface area contributed by atoms with E-state index in [2.05, 4.69) is 16.7 Å². The first-order valence-corrected chi connectivity index (χ1v) is 11.6. The normalized spacial score (nSPS) is 13.5. The average molecular weight is 472 g/mol. The van der Waals surface area contributed by atoms with Gasteiger partial charge >= 0.3 is 6.09 Å². The second kappa shape index (κ2) is 11.4. The summed E-state index contributed by atoms with van der Waals surface area (Å²) in [7, 11) is 0. The zero-order chi connectivity index (χ0) is 26.4. The molecule has 0 spiro atoms. The highest BCUT2D eigenvalue weighted by Gasteiger charge is 2.37. The molecule has 7 heteroatoms. The van der Waals surface area contributed by atoms with Crippen molar-refractivity contribution in [1.82, 2.24) is 15.5 Å². The molecule has 7 nitrogen and oxygen atoms in total. The van der Waals surface area contributed by atoms with E-state index in [0.717, 1.165) is 16.0 Å². The third-order valence-electron chi connectivity index (χ3n) is 4.81. The molecule has 34 heavy (non-hydrogen) atoms. The number of alkyl carbamates (subject to hydrolysis) is 1. The Morgan fingerprint density at radius 1 is 1.09 bits per heavy atom. The smallest absolute Gasteiger partial charge is 0.408 e. The number of aryl methyl sites for hydroxylation is 2. The van der Waals surface area contributed by atoms with Gasteiger partial charge in [-0.25, -0.2) is 4.79 Å². The number of nitrogens with one attached hydrogen (secondary N) is 2. The number of nitrogens with zero attached hydrogens (tertiary/aromatic N) is 1. The van der Waals surface area contributed by atoms with E-state index in [4.69, 9.17) is 11.2 Å². The lowest BCUT2D eigenvalue weighted by Gasteiger charge is -2.33. The largest absolute Gasteiger partial charge is 0.444 e. The van der Waals surface area contributed by atoms with Gasteiger partial charge in [-0.2, -0.15) is 0 Å². The first kappa shape index (κ1) is 29.0. The summed E-state index contributed by atoms with van der Waals surface area (Å²) in [6.45, 7) is 18.5. The van der Waals surface area contributed by atoms with Crippen LogP contribution in [0.3, 0.4) is 0 Å².